The molecule has 61 heavy (non-hydrogen) atoms. The summed E-state index contributed by atoms with van der Waals surface area (Å²) in [4.78, 5) is 12.8. The van der Waals surface area contributed by atoms with Crippen LogP contribution in [-0.2, 0) is 23.7 Å². The Labute approximate surface area is 374 Å². The van der Waals surface area contributed by atoms with Crippen molar-refractivity contribution in [1.29, 1.82) is 0 Å². The molecule has 0 spiro atoms. The Morgan fingerprint density at radius 3 is 1.46 bits per heavy atom. The molecule has 0 aliphatic carbocycles. The van der Waals surface area contributed by atoms with Gasteiger partial charge < -0.3 is 39.4 Å². The number of esters is 1. The van der Waals surface area contributed by atoms with E-state index in [-0.39, 0.29) is 19.2 Å². The summed E-state index contributed by atoms with van der Waals surface area (Å²) in [6, 6.07) is 0. The quantitative estimate of drug-likeness (QED) is 0.0268. The number of carbonyl (C=O) groups is 1. The first-order valence-corrected chi connectivity index (χ1v) is 25.6. The highest BCUT2D eigenvalue weighted by molar-refractivity contribution is 5.69. The Morgan fingerprint density at radius 2 is 0.951 bits per heavy atom. The van der Waals surface area contributed by atoms with Crippen LogP contribution in [0.4, 0.5) is 0 Å². The number of hydrogen-bond donors (Lipinski definition) is 4. The number of unbranched alkanes of at least 4 members (excludes halogenated alkanes) is 27. The summed E-state index contributed by atoms with van der Waals surface area (Å²) in [5, 5.41) is 40.2. The van der Waals surface area contributed by atoms with E-state index in [1.54, 1.807) is 0 Å². The third kappa shape index (κ3) is 34.5. The number of aliphatic hydroxyl groups excluding tert-OH is 4. The van der Waals surface area contributed by atoms with E-state index in [0.29, 0.717) is 13.0 Å². The van der Waals surface area contributed by atoms with Gasteiger partial charge in [0.1, 0.15) is 30.5 Å². The lowest BCUT2D eigenvalue weighted by Crippen LogP contribution is -2.59. The van der Waals surface area contributed by atoms with Crippen molar-refractivity contribution in [3.8, 4) is 0 Å². The van der Waals surface area contributed by atoms with Crippen molar-refractivity contribution >= 4 is 5.97 Å². The first-order chi connectivity index (χ1) is 29.9. The predicted molar refractivity (Wildman–Crippen MR) is 252 cm³/mol. The largest absolute Gasteiger partial charge is 0.457 e. The maximum absolute atomic E-state index is 12.8. The molecule has 9 heteroatoms. The Balaban J connectivity index is 2.21. The number of ether oxygens (including phenoxy) is 4. The molecule has 9 nitrogen and oxygen atoms in total. The smallest absolute Gasteiger partial charge is 0.306 e. The van der Waals surface area contributed by atoms with Crippen LogP contribution >= 0.6 is 0 Å². The van der Waals surface area contributed by atoms with Crippen LogP contribution in [0.15, 0.2) is 36.5 Å². The monoisotopic (exact) mass is 865 g/mol. The van der Waals surface area contributed by atoms with Gasteiger partial charge >= 0.3 is 5.97 Å². The summed E-state index contributed by atoms with van der Waals surface area (Å²) >= 11 is 0. The molecule has 0 aromatic carbocycles. The second-order valence-electron chi connectivity index (χ2n) is 17.6. The summed E-state index contributed by atoms with van der Waals surface area (Å²) in [7, 11) is 0. The SMILES string of the molecule is CCCCC/C=C\C/C=C\CCCCCCCCCCCC(=O)OC(COCCCCCCCCCC/C=C\CCCCCCCCC)COC1OC(CO)C(O)C(O)C1O. The number of aliphatic hydroxyl groups is 4. The lowest BCUT2D eigenvalue weighted by molar-refractivity contribution is -0.305. The highest BCUT2D eigenvalue weighted by Gasteiger charge is 2.44. The molecule has 1 saturated heterocycles. The maximum Gasteiger partial charge on any atom is 0.306 e. The number of allylic oxidation sites excluding steroid dienone is 6. The highest BCUT2D eigenvalue weighted by atomic mass is 16.7. The van der Waals surface area contributed by atoms with Gasteiger partial charge in [0.05, 0.1) is 19.8 Å². The van der Waals surface area contributed by atoms with Crippen molar-refractivity contribution in [3.05, 3.63) is 36.5 Å². The van der Waals surface area contributed by atoms with Gasteiger partial charge in [-0.2, -0.15) is 0 Å². The number of rotatable bonds is 44. The first-order valence-electron chi connectivity index (χ1n) is 25.6. The van der Waals surface area contributed by atoms with Gasteiger partial charge in [-0.25, -0.2) is 0 Å². The van der Waals surface area contributed by atoms with E-state index in [1.807, 2.05) is 0 Å². The summed E-state index contributed by atoms with van der Waals surface area (Å²) < 4.78 is 22.9. The average molecular weight is 865 g/mol. The number of hydrogen-bond acceptors (Lipinski definition) is 9. The van der Waals surface area contributed by atoms with E-state index in [1.165, 1.54) is 167 Å². The Hall–Kier alpha value is -1.59. The molecule has 0 aromatic rings. The lowest BCUT2D eigenvalue weighted by Gasteiger charge is -2.39. The topological polar surface area (TPSA) is 135 Å². The molecule has 0 amide bonds. The van der Waals surface area contributed by atoms with E-state index in [4.69, 9.17) is 18.9 Å². The Morgan fingerprint density at radius 1 is 0.525 bits per heavy atom. The molecule has 0 bridgehead atoms. The van der Waals surface area contributed by atoms with E-state index in [2.05, 4.69) is 50.3 Å². The van der Waals surface area contributed by atoms with E-state index < -0.39 is 43.4 Å². The van der Waals surface area contributed by atoms with Gasteiger partial charge in [-0.1, -0.05) is 185 Å². The van der Waals surface area contributed by atoms with Crippen LogP contribution < -0.4 is 0 Å². The third-order valence-electron chi connectivity index (χ3n) is 11.8. The molecule has 1 fully saturated rings. The van der Waals surface area contributed by atoms with Gasteiger partial charge in [-0.3, -0.25) is 4.79 Å². The van der Waals surface area contributed by atoms with Gasteiger partial charge in [-0.05, 0) is 70.6 Å². The van der Waals surface area contributed by atoms with Gasteiger partial charge in [0.15, 0.2) is 6.29 Å². The Kier molecular flexibility index (Phi) is 41.1. The molecular weight excluding hydrogens is 769 g/mol. The van der Waals surface area contributed by atoms with Crippen LogP contribution in [0.2, 0.25) is 0 Å². The zero-order chi connectivity index (χ0) is 44.3. The first kappa shape index (κ1) is 57.4. The van der Waals surface area contributed by atoms with Crippen LogP contribution in [0.1, 0.15) is 226 Å². The van der Waals surface area contributed by atoms with Crippen LogP contribution in [0.3, 0.4) is 0 Å². The van der Waals surface area contributed by atoms with E-state index in [9.17, 15) is 25.2 Å². The molecule has 1 aliphatic heterocycles. The zero-order valence-electron chi connectivity index (χ0n) is 39.4. The Bertz CT molecular complexity index is 1030. The molecule has 0 radical (unpaired) electrons. The highest BCUT2D eigenvalue weighted by Crippen LogP contribution is 2.23. The molecule has 1 heterocycles. The second kappa shape index (κ2) is 43.7. The van der Waals surface area contributed by atoms with Gasteiger partial charge in [-0.15, -0.1) is 0 Å². The minimum Gasteiger partial charge on any atom is -0.457 e. The van der Waals surface area contributed by atoms with Crippen molar-refractivity contribution in [2.75, 3.05) is 26.4 Å². The molecular formula is C52H96O9. The molecule has 4 N–H and O–H groups in total. The van der Waals surface area contributed by atoms with Crippen LogP contribution in [0, 0.1) is 0 Å². The van der Waals surface area contributed by atoms with Crippen molar-refractivity contribution in [1.82, 2.24) is 0 Å². The van der Waals surface area contributed by atoms with Gasteiger partial charge in [0, 0.05) is 13.0 Å². The molecule has 1 aliphatic rings. The van der Waals surface area contributed by atoms with Crippen LogP contribution in [0.25, 0.3) is 0 Å². The van der Waals surface area contributed by atoms with Gasteiger partial charge in [0.2, 0.25) is 0 Å². The van der Waals surface area contributed by atoms with Crippen molar-refractivity contribution in [3.63, 3.8) is 0 Å². The van der Waals surface area contributed by atoms with Crippen molar-refractivity contribution in [2.24, 2.45) is 0 Å². The van der Waals surface area contributed by atoms with Crippen LogP contribution in [-0.4, -0.2) is 89.6 Å². The fraction of sp³-hybridized carbons (Fsp3) is 0.865. The third-order valence-corrected chi connectivity index (χ3v) is 11.8. The van der Waals surface area contributed by atoms with Crippen molar-refractivity contribution in [2.45, 2.75) is 263 Å². The average Bonchev–Trinajstić information content (AvgIpc) is 3.26. The summed E-state index contributed by atoms with van der Waals surface area (Å²) in [6.07, 6.45) is 46.0. The summed E-state index contributed by atoms with van der Waals surface area (Å²) in [6.45, 7) is 4.55. The van der Waals surface area contributed by atoms with Crippen LogP contribution in [0.5, 0.6) is 0 Å². The van der Waals surface area contributed by atoms with Gasteiger partial charge in [0.25, 0.3) is 0 Å². The van der Waals surface area contributed by atoms with E-state index in [0.717, 1.165) is 38.5 Å². The molecule has 0 saturated carbocycles. The molecule has 358 valence electrons. The number of carbonyl (C=O) groups excluding carboxylic acids is 1. The van der Waals surface area contributed by atoms with Crippen molar-refractivity contribution < 1.29 is 44.2 Å². The maximum atomic E-state index is 12.8. The zero-order valence-corrected chi connectivity index (χ0v) is 39.4. The standard InChI is InChI=1S/C52H96O9/c1-3-5-7-9-11-13-15-17-19-21-23-25-27-29-31-33-35-37-39-41-48(54)60-46(45-59-52-51(57)50(56)49(55)47(43-53)61-52)44-58-42-40-38-36-34-32-30-28-26-24-22-20-18-16-14-12-10-8-6-4-2/h11,13,17,19-20,22,46-47,49-53,55-57H,3-10,12,14-16,18,21,23-45H2,1-2H3/b13-11-,19-17-,22-20-. The minimum atomic E-state index is -1.54. The second-order valence-corrected chi connectivity index (χ2v) is 17.6. The minimum absolute atomic E-state index is 0.115. The molecule has 1 rings (SSSR count). The molecule has 6 atom stereocenters. The normalized spacial score (nSPS) is 20.1. The van der Waals surface area contributed by atoms with E-state index >= 15 is 0 Å². The molecule has 6 unspecified atom stereocenters. The summed E-state index contributed by atoms with van der Waals surface area (Å²) in [5.41, 5.74) is 0. The fourth-order valence-corrected chi connectivity index (χ4v) is 7.75. The molecule has 0 aromatic heterocycles. The lowest BCUT2D eigenvalue weighted by atomic mass is 9.99. The fourth-order valence-electron chi connectivity index (χ4n) is 7.75. The summed E-state index contributed by atoms with van der Waals surface area (Å²) in [5.74, 6) is -0.317. The predicted octanol–water partition coefficient (Wildman–Crippen LogP) is 12.3.